The normalized spacial score (nSPS) is 33.7. The largest absolute Gasteiger partial charge is 0.469 e. The summed E-state index contributed by atoms with van der Waals surface area (Å²) in [6, 6.07) is 0. The van der Waals surface area contributed by atoms with Crippen LogP contribution in [0.4, 0.5) is 4.39 Å². The van der Waals surface area contributed by atoms with Gasteiger partial charge in [0.25, 0.3) is 0 Å². The van der Waals surface area contributed by atoms with Crippen LogP contribution in [0, 0.1) is 5.41 Å². The van der Waals surface area contributed by atoms with Crippen molar-refractivity contribution in [2.75, 3.05) is 7.11 Å². The summed E-state index contributed by atoms with van der Waals surface area (Å²) in [5.74, 6) is -0.447. The van der Waals surface area contributed by atoms with E-state index in [1.165, 1.54) is 14.0 Å². The summed E-state index contributed by atoms with van der Waals surface area (Å²) >= 11 is 0. The molecule has 0 aliphatic heterocycles. The first kappa shape index (κ1) is 13.0. The Morgan fingerprint density at radius 3 is 1.71 bits per heavy atom. The highest BCUT2D eigenvalue weighted by Crippen LogP contribution is 2.59. The van der Waals surface area contributed by atoms with Gasteiger partial charge in [-0.05, 0) is 13.8 Å². The van der Waals surface area contributed by atoms with Gasteiger partial charge in [-0.25, -0.2) is 4.39 Å². The fraction of sp³-hybridized carbons (Fsp3) is 0.857. The number of esters is 1. The molecule has 2 atom stereocenters. The van der Waals surface area contributed by atoms with Gasteiger partial charge >= 0.3 is 16.6 Å². The molecule has 0 aromatic rings. The number of hydrogen-bond donors (Lipinski definition) is 0. The van der Waals surface area contributed by atoms with Crippen molar-refractivity contribution in [2.24, 2.45) is 5.41 Å². The van der Waals surface area contributed by atoms with E-state index in [-0.39, 0.29) is 6.42 Å². The van der Waals surface area contributed by atoms with Gasteiger partial charge in [0.1, 0.15) is 11.1 Å². The Morgan fingerprint density at radius 1 is 1.36 bits per heavy atom. The quantitative estimate of drug-likeness (QED) is 0.601. The molecule has 0 spiro atoms. The predicted molar refractivity (Wildman–Crippen MR) is 44.0 cm³/mol. The second-order valence-electron chi connectivity index (χ2n) is 3.40. The number of carbonyl (C=O) groups is 1. The maximum atomic E-state index is 13.0. The Bertz CT molecular complexity index is 325. The van der Waals surface area contributed by atoms with Crippen LogP contribution in [0.1, 0.15) is 20.3 Å². The predicted octanol–water partition coefficient (Wildman–Crippen LogP) is 0.294. The van der Waals surface area contributed by atoms with Gasteiger partial charge in [-0.1, -0.05) is 0 Å². The van der Waals surface area contributed by atoms with Gasteiger partial charge in [-0.15, -0.1) is 12.6 Å². The molecule has 0 aromatic heterocycles. The smallest absolute Gasteiger partial charge is 0.425 e. The molecule has 7 heteroatoms. The summed E-state index contributed by atoms with van der Waals surface area (Å²) < 4.78 is 42.8. The zero-order chi connectivity index (χ0) is 11.6. The molecule has 1 fully saturated rings. The zero-order valence-corrected chi connectivity index (χ0v) is 8.85. The summed E-state index contributed by atoms with van der Waals surface area (Å²) in [5, 5.41) is 0. The molecular weight excluding hydrogens is 215 g/mol. The van der Waals surface area contributed by atoms with E-state index in [2.05, 4.69) is 4.74 Å². The fourth-order valence-corrected chi connectivity index (χ4v) is 1.13. The number of ether oxygens (including phenoxy) is 1. The molecule has 5 nitrogen and oxygen atoms in total. The highest BCUT2D eigenvalue weighted by molar-refractivity contribution is 7.59. The first-order valence-corrected chi connectivity index (χ1v) is 4.71. The molecular formula is C7H11FO5S. The molecule has 0 amide bonds. The summed E-state index contributed by atoms with van der Waals surface area (Å²) in [7, 11) is -1.83. The number of alkyl halides is 1. The first-order valence-electron chi connectivity index (χ1n) is 3.71. The Balaban J connectivity index is 0.000000364. The Kier molecular flexibility index (Phi) is 3.75. The molecule has 1 aliphatic rings. The maximum absolute atomic E-state index is 13.0. The van der Waals surface area contributed by atoms with E-state index in [0.29, 0.717) is 0 Å². The molecule has 1 rings (SSSR count). The first-order chi connectivity index (χ1) is 6.17. The minimum absolute atomic E-state index is 0.284. The van der Waals surface area contributed by atoms with Crippen LogP contribution in [0.2, 0.25) is 0 Å². The van der Waals surface area contributed by atoms with Crippen LogP contribution in [0.5, 0.6) is 0 Å². The summed E-state index contributed by atoms with van der Waals surface area (Å²) in [4.78, 5) is 10.8. The van der Waals surface area contributed by atoms with Crippen LogP contribution in [0.3, 0.4) is 0 Å². The third-order valence-corrected chi connectivity index (χ3v) is 2.35. The van der Waals surface area contributed by atoms with Crippen LogP contribution < -0.4 is 0 Å². The highest BCUT2D eigenvalue weighted by atomic mass is 32.2. The Hall–Kier alpha value is -0.980. The minimum atomic E-state index is -3.11. The van der Waals surface area contributed by atoms with Gasteiger partial charge in [0.15, 0.2) is 0 Å². The number of carbonyl (C=O) groups excluding carboxylic acids is 1. The van der Waals surface area contributed by atoms with Gasteiger partial charge in [0, 0.05) is 6.42 Å². The average molecular weight is 226 g/mol. The lowest BCUT2D eigenvalue weighted by atomic mass is 10.1. The van der Waals surface area contributed by atoms with Crippen molar-refractivity contribution in [3.05, 3.63) is 0 Å². The van der Waals surface area contributed by atoms with Gasteiger partial charge in [0.05, 0.1) is 7.11 Å². The van der Waals surface area contributed by atoms with E-state index >= 15 is 0 Å². The third kappa shape index (κ3) is 2.76. The summed E-state index contributed by atoms with van der Waals surface area (Å²) in [6.45, 7) is 3.00. The number of methoxy groups -OCH3 is 1. The SMILES string of the molecule is COC(=O)[C@]1(C)C[C@]1(C)F.O=S(=O)=O. The second-order valence-corrected chi connectivity index (χ2v) is 3.81. The zero-order valence-electron chi connectivity index (χ0n) is 8.03. The van der Waals surface area contributed by atoms with E-state index < -0.39 is 27.7 Å². The van der Waals surface area contributed by atoms with E-state index in [4.69, 9.17) is 12.6 Å². The lowest BCUT2D eigenvalue weighted by molar-refractivity contribution is -0.148. The molecule has 82 valence electrons. The van der Waals surface area contributed by atoms with Crippen LogP contribution in [-0.2, 0) is 20.1 Å². The summed E-state index contributed by atoms with van der Waals surface area (Å²) in [6.07, 6.45) is 0.284. The van der Waals surface area contributed by atoms with E-state index in [9.17, 15) is 9.18 Å². The standard InChI is InChI=1S/C7H11FO2.O3S/c1-6(5(9)10-3)4-7(6,2)8;1-4(2)3/h4H2,1-3H3;/t6-,7-;/m0./s1. The van der Waals surface area contributed by atoms with Crippen molar-refractivity contribution >= 4 is 16.6 Å². The van der Waals surface area contributed by atoms with Gasteiger partial charge in [0.2, 0.25) is 0 Å². The number of hydrogen-bond acceptors (Lipinski definition) is 5. The molecule has 0 N–H and O–H groups in total. The second kappa shape index (κ2) is 4.04. The topological polar surface area (TPSA) is 77.5 Å². The average Bonchev–Trinajstić information content (AvgIpc) is 2.50. The van der Waals surface area contributed by atoms with Gasteiger partial charge in [-0.3, -0.25) is 4.79 Å². The van der Waals surface area contributed by atoms with Crippen LogP contribution in [0.25, 0.3) is 0 Å². The van der Waals surface area contributed by atoms with Crippen molar-refractivity contribution in [2.45, 2.75) is 25.9 Å². The third-order valence-electron chi connectivity index (χ3n) is 2.35. The Labute approximate surface area is 82.3 Å². The molecule has 1 saturated carbocycles. The maximum Gasteiger partial charge on any atom is 0.425 e. The van der Waals surface area contributed by atoms with Crippen molar-refractivity contribution in [1.29, 1.82) is 0 Å². The number of halogens is 1. The molecule has 14 heavy (non-hydrogen) atoms. The monoisotopic (exact) mass is 226 g/mol. The van der Waals surface area contributed by atoms with Gasteiger partial charge in [-0.2, -0.15) is 0 Å². The lowest BCUT2D eigenvalue weighted by Crippen LogP contribution is -2.21. The molecule has 0 radical (unpaired) electrons. The molecule has 0 saturated heterocycles. The van der Waals surface area contributed by atoms with E-state index in [1.807, 2.05) is 0 Å². The molecule has 0 heterocycles. The lowest BCUT2D eigenvalue weighted by Gasteiger charge is -2.07. The van der Waals surface area contributed by atoms with E-state index in [1.54, 1.807) is 6.92 Å². The molecule has 0 aromatic carbocycles. The van der Waals surface area contributed by atoms with Crippen LogP contribution >= 0.6 is 0 Å². The van der Waals surface area contributed by atoms with E-state index in [0.717, 1.165) is 0 Å². The highest BCUT2D eigenvalue weighted by Gasteiger charge is 2.68. The van der Waals surface area contributed by atoms with Crippen molar-refractivity contribution in [3.8, 4) is 0 Å². The van der Waals surface area contributed by atoms with Crippen molar-refractivity contribution in [1.82, 2.24) is 0 Å². The number of rotatable bonds is 1. The van der Waals surface area contributed by atoms with Crippen LogP contribution in [0.15, 0.2) is 0 Å². The molecule has 0 unspecified atom stereocenters. The minimum Gasteiger partial charge on any atom is -0.469 e. The molecule has 1 aliphatic carbocycles. The molecule has 0 bridgehead atoms. The Morgan fingerprint density at radius 2 is 1.64 bits per heavy atom. The summed E-state index contributed by atoms with van der Waals surface area (Å²) in [5.41, 5.74) is -2.22. The van der Waals surface area contributed by atoms with Gasteiger partial charge < -0.3 is 4.74 Å². The van der Waals surface area contributed by atoms with Crippen LogP contribution in [-0.4, -0.2) is 31.4 Å². The van der Waals surface area contributed by atoms with Crippen molar-refractivity contribution in [3.63, 3.8) is 0 Å². The fourth-order valence-electron chi connectivity index (χ4n) is 1.13. The van der Waals surface area contributed by atoms with Crippen molar-refractivity contribution < 1.29 is 26.5 Å².